The zero-order chi connectivity index (χ0) is 24.7. The van der Waals surface area contributed by atoms with E-state index in [1.165, 1.54) is 42.7 Å². The van der Waals surface area contributed by atoms with Crippen LogP contribution in [0.5, 0.6) is 0 Å². The second-order valence-corrected chi connectivity index (χ2v) is 8.32. The fourth-order valence-corrected chi connectivity index (χ4v) is 4.39. The number of carbonyl (C=O) groups excluding carboxylic acids is 1. The van der Waals surface area contributed by atoms with Gasteiger partial charge in [-0.25, -0.2) is 4.68 Å². The van der Waals surface area contributed by atoms with Gasteiger partial charge < -0.3 is 15.0 Å². The lowest BCUT2D eigenvalue weighted by Gasteiger charge is -2.15. The van der Waals surface area contributed by atoms with E-state index in [1.807, 2.05) is 0 Å². The van der Waals surface area contributed by atoms with Crippen molar-refractivity contribution in [2.75, 3.05) is 11.9 Å². The zero-order valence-electron chi connectivity index (χ0n) is 17.9. The second-order valence-electron chi connectivity index (χ2n) is 7.91. The SMILES string of the molecule is O=C(Nc1cnc(C2CCCO2)c(Cl)c1)c1cnn(-c2cccc3c(=O)[nH]ccc23)c1C(F)(F)F. The van der Waals surface area contributed by atoms with E-state index in [1.54, 1.807) is 0 Å². The normalized spacial score (nSPS) is 16.1. The number of aromatic nitrogens is 4. The molecule has 0 bridgehead atoms. The highest BCUT2D eigenvalue weighted by Crippen LogP contribution is 2.36. The summed E-state index contributed by atoms with van der Waals surface area (Å²) in [6, 6.07) is 7.20. The van der Waals surface area contributed by atoms with E-state index in [9.17, 15) is 22.8 Å². The fourth-order valence-electron chi connectivity index (χ4n) is 4.10. The Hall–Kier alpha value is -3.70. The summed E-state index contributed by atoms with van der Waals surface area (Å²) in [7, 11) is 0. The molecule has 0 aliphatic carbocycles. The number of rotatable bonds is 4. The molecular weight excluding hydrogens is 487 g/mol. The van der Waals surface area contributed by atoms with Gasteiger partial charge >= 0.3 is 6.18 Å². The van der Waals surface area contributed by atoms with Crippen LogP contribution in [0, 0.1) is 0 Å². The minimum Gasteiger partial charge on any atom is -0.372 e. The van der Waals surface area contributed by atoms with E-state index >= 15 is 0 Å². The van der Waals surface area contributed by atoms with Crippen LogP contribution in [0.15, 0.2) is 53.7 Å². The van der Waals surface area contributed by atoms with Crippen LogP contribution >= 0.6 is 11.6 Å². The van der Waals surface area contributed by atoms with Crippen LogP contribution in [-0.4, -0.2) is 32.3 Å². The average molecular weight is 504 g/mol. The number of amides is 1. The van der Waals surface area contributed by atoms with Gasteiger partial charge in [0.2, 0.25) is 0 Å². The molecule has 8 nitrogen and oxygen atoms in total. The smallest absolute Gasteiger partial charge is 0.372 e. The molecule has 3 aromatic heterocycles. The van der Waals surface area contributed by atoms with E-state index in [4.69, 9.17) is 16.3 Å². The molecule has 2 N–H and O–H groups in total. The molecule has 4 heterocycles. The molecule has 1 unspecified atom stereocenters. The molecule has 5 rings (SSSR count). The van der Waals surface area contributed by atoms with Crippen LogP contribution in [0.4, 0.5) is 18.9 Å². The highest BCUT2D eigenvalue weighted by atomic mass is 35.5. The molecular formula is C23H17ClF3N5O3. The van der Waals surface area contributed by atoms with Crippen LogP contribution in [0.1, 0.15) is 40.7 Å². The van der Waals surface area contributed by atoms with E-state index in [0.717, 1.165) is 19.0 Å². The quantitative estimate of drug-likeness (QED) is 0.413. The Balaban J connectivity index is 1.52. The van der Waals surface area contributed by atoms with Crippen molar-refractivity contribution >= 4 is 34.0 Å². The van der Waals surface area contributed by atoms with Crippen molar-refractivity contribution in [2.45, 2.75) is 25.1 Å². The first-order chi connectivity index (χ1) is 16.7. The number of pyridine rings is 2. The Labute approximate surface area is 200 Å². The number of alkyl halides is 3. The van der Waals surface area contributed by atoms with Crippen LogP contribution in [0.3, 0.4) is 0 Å². The average Bonchev–Trinajstić information content (AvgIpc) is 3.49. The summed E-state index contributed by atoms with van der Waals surface area (Å²) in [4.78, 5) is 31.7. The van der Waals surface area contributed by atoms with Crippen LogP contribution in [0.2, 0.25) is 5.02 Å². The standard InChI is InChI=1S/C23H17ClF3N5O3/c24-16-9-12(10-29-19(16)18-5-2-8-35-18)31-22(34)15-11-30-32(20(15)23(25,26)27)17-4-1-3-14-13(17)6-7-28-21(14)33/h1,3-4,6-7,9-11,18H,2,5,8H2,(H,28,33)(H,31,34). The van der Waals surface area contributed by atoms with Crippen molar-refractivity contribution in [2.24, 2.45) is 0 Å². The predicted octanol–water partition coefficient (Wildman–Crippen LogP) is 4.88. The molecule has 12 heteroatoms. The van der Waals surface area contributed by atoms with Gasteiger partial charge in [0.15, 0.2) is 5.69 Å². The highest BCUT2D eigenvalue weighted by Gasteiger charge is 2.41. The molecule has 35 heavy (non-hydrogen) atoms. The molecule has 180 valence electrons. The summed E-state index contributed by atoms with van der Waals surface area (Å²) in [5.41, 5.74) is -1.79. The Morgan fingerprint density at radius 1 is 1.23 bits per heavy atom. The summed E-state index contributed by atoms with van der Waals surface area (Å²) in [6.07, 6.45) is -0.0737. The largest absolute Gasteiger partial charge is 0.434 e. The molecule has 1 fully saturated rings. The number of anilines is 1. The minimum absolute atomic E-state index is 0.00519. The third kappa shape index (κ3) is 4.28. The number of nitrogens with one attached hydrogen (secondary N) is 2. The molecule has 0 radical (unpaired) electrons. The second kappa shape index (κ2) is 8.82. The lowest BCUT2D eigenvalue weighted by molar-refractivity contribution is -0.143. The van der Waals surface area contributed by atoms with E-state index in [-0.39, 0.29) is 33.3 Å². The summed E-state index contributed by atoms with van der Waals surface area (Å²) in [5, 5.41) is 6.92. The lowest BCUT2D eigenvalue weighted by Crippen LogP contribution is -2.21. The third-order valence-electron chi connectivity index (χ3n) is 5.66. The third-order valence-corrected chi connectivity index (χ3v) is 5.97. The maximum absolute atomic E-state index is 14.1. The van der Waals surface area contributed by atoms with Gasteiger partial charge in [-0.15, -0.1) is 0 Å². The molecule has 0 spiro atoms. The summed E-state index contributed by atoms with van der Waals surface area (Å²) < 4.78 is 48.6. The fraction of sp³-hybridized carbons (Fsp3) is 0.217. The number of H-pyrrole nitrogens is 1. The molecule has 1 aliphatic rings. The van der Waals surface area contributed by atoms with Gasteiger partial charge in [-0.2, -0.15) is 18.3 Å². The maximum Gasteiger partial charge on any atom is 0.434 e. The summed E-state index contributed by atoms with van der Waals surface area (Å²) in [5.74, 6) is -1.04. The van der Waals surface area contributed by atoms with Crippen LogP contribution in [0.25, 0.3) is 16.5 Å². The molecule has 0 saturated carbocycles. The topological polar surface area (TPSA) is 102 Å². The number of nitrogens with zero attached hydrogens (tertiary/aromatic N) is 3. The van der Waals surface area contributed by atoms with Crippen LogP contribution in [-0.2, 0) is 10.9 Å². The van der Waals surface area contributed by atoms with Crippen molar-refractivity contribution in [3.8, 4) is 5.69 Å². The number of benzene rings is 1. The zero-order valence-corrected chi connectivity index (χ0v) is 18.7. The molecule has 1 atom stereocenters. The highest BCUT2D eigenvalue weighted by molar-refractivity contribution is 6.31. The first-order valence-corrected chi connectivity index (χ1v) is 11.0. The number of ether oxygens (including phenoxy) is 1. The van der Waals surface area contributed by atoms with Crippen LogP contribution < -0.4 is 10.9 Å². The number of hydrogen-bond acceptors (Lipinski definition) is 5. The molecule has 1 amide bonds. The van der Waals surface area contributed by atoms with E-state index in [0.29, 0.717) is 17.0 Å². The number of hydrogen-bond donors (Lipinski definition) is 2. The Morgan fingerprint density at radius 3 is 2.77 bits per heavy atom. The first kappa shape index (κ1) is 23.1. The van der Waals surface area contributed by atoms with Gasteiger partial charge in [0.25, 0.3) is 11.5 Å². The summed E-state index contributed by atoms with van der Waals surface area (Å²) in [6.45, 7) is 0.594. The molecule has 1 aromatic carbocycles. The van der Waals surface area contributed by atoms with Gasteiger partial charge in [0, 0.05) is 23.6 Å². The number of carbonyl (C=O) groups is 1. The minimum atomic E-state index is -4.92. The number of aromatic amines is 1. The van der Waals surface area contributed by atoms with Crippen molar-refractivity contribution in [1.29, 1.82) is 0 Å². The Kier molecular flexibility index (Phi) is 5.81. The van der Waals surface area contributed by atoms with Crippen molar-refractivity contribution in [3.63, 3.8) is 0 Å². The number of fused-ring (bicyclic) bond motifs is 1. The van der Waals surface area contributed by atoms with Gasteiger partial charge in [-0.3, -0.25) is 14.6 Å². The predicted molar refractivity (Wildman–Crippen MR) is 122 cm³/mol. The van der Waals surface area contributed by atoms with Gasteiger partial charge in [0.05, 0.1) is 40.0 Å². The molecule has 1 aliphatic heterocycles. The van der Waals surface area contributed by atoms with Gasteiger partial charge in [-0.05, 0) is 37.1 Å². The Morgan fingerprint density at radius 2 is 2.06 bits per heavy atom. The number of halogens is 4. The van der Waals surface area contributed by atoms with E-state index < -0.39 is 28.9 Å². The molecule has 4 aromatic rings. The monoisotopic (exact) mass is 503 g/mol. The van der Waals surface area contributed by atoms with Crippen molar-refractivity contribution in [3.05, 3.63) is 81.3 Å². The van der Waals surface area contributed by atoms with Crippen molar-refractivity contribution in [1.82, 2.24) is 19.7 Å². The van der Waals surface area contributed by atoms with Gasteiger partial charge in [-0.1, -0.05) is 17.7 Å². The lowest BCUT2D eigenvalue weighted by atomic mass is 10.1. The summed E-state index contributed by atoms with van der Waals surface area (Å²) >= 11 is 6.28. The van der Waals surface area contributed by atoms with E-state index in [2.05, 4.69) is 20.4 Å². The first-order valence-electron chi connectivity index (χ1n) is 10.6. The molecule has 1 saturated heterocycles. The van der Waals surface area contributed by atoms with Crippen molar-refractivity contribution < 1.29 is 22.7 Å². The van der Waals surface area contributed by atoms with Gasteiger partial charge in [0.1, 0.15) is 6.10 Å². The Bertz CT molecular complexity index is 1490. The maximum atomic E-state index is 14.1.